The lowest BCUT2D eigenvalue weighted by molar-refractivity contribution is 0.0716. The highest BCUT2D eigenvalue weighted by Gasteiger charge is 2.33. The Morgan fingerprint density at radius 3 is 2.71 bits per heavy atom. The number of nitrogens with zero attached hydrogens (tertiary/aromatic N) is 1. The molecule has 3 heteroatoms. The van der Waals surface area contributed by atoms with E-state index < -0.39 is 0 Å². The van der Waals surface area contributed by atoms with Crippen molar-refractivity contribution in [1.29, 1.82) is 0 Å². The molecule has 1 fully saturated rings. The van der Waals surface area contributed by atoms with Crippen molar-refractivity contribution >= 4 is 0 Å². The summed E-state index contributed by atoms with van der Waals surface area (Å²) in [6, 6.07) is 0.565. The highest BCUT2D eigenvalue weighted by atomic mass is 16.5. The zero-order valence-corrected chi connectivity index (χ0v) is 9.75. The molecule has 0 radical (unpaired) electrons. The molecule has 0 bridgehead atoms. The molecule has 1 rings (SSSR count). The molecule has 0 aliphatic carbocycles. The lowest BCUT2D eigenvalue weighted by Crippen LogP contribution is -2.54. The van der Waals surface area contributed by atoms with Gasteiger partial charge in [0.15, 0.2) is 0 Å². The van der Waals surface area contributed by atoms with E-state index in [2.05, 4.69) is 25.8 Å². The highest BCUT2D eigenvalue weighted by Crippen LogP contribution is 2.24. The molecule has 0 aromatic rings. The van der Waals surface area contributed by atoms with Gasteiger partial charge in [-0.15, -0.1) is 0 Å². The molecule has 0 aromatic heterocycles. The minimum atomic E-state index is 0.146. The monoisotopic (exact) mass is 200 g/mol. The first-order chi connectivity index (χ1) is 6.64. The van der Waals surface area contributed by atoms with Crippen molar-refractivity contribution in [2.24, 2.45) is 5.73 Å². The largest absolute Gasteiger partial charge is 0.380 e. The molecule has 0 aromatic carbocycles. The molecule has 0 amide bonds. The third-order valence-corrected chi connectivity index (χ3v) is 3.53. The van der Waals surface area contributed by atoms with Gasteiger partial charge in [-0.2, -0.15) is 0 Å². The smallest absolute Gasteiger partial charge is 0.0622 e. The molecule has 1 aliphatic heterocycles. The first-order valence-electron chi connectivity index (χ1n) is 5.65. The topological polar surface area (TPSA) is 38.5 Å². The van der Waals surface area contributed by atoms with Gasteiger partial charge in [0, 0.05) is 24.7 Å². The van der Waals surface area contributed by atoms with Gasteiger partial charge >= 0.3 is 0 Å². The Bertz CT molecular complexity index is 169. The summed E-state index contributed by atoms with van der Waals surface area (Å²) in [7, 11) is 2.18. The third-order valence-electron chi connectivity index (χ3n) is 3.53. The summed E-state index contributed by atoms with van der Waals surface area (Å²) in [4.78, 5) is 2.42. The molecule has 1 heterocycles. The Balaban J connectivity index is 2.57. The van der Waals surface area contributed by atoms with Crippen molar-refractivity contribution in [2.45, 2.75) is 44.7 Å². The second-order valence-electron chi connectivity index (χ2n) is 4.58. The summed E-state index contributed by atoms with van der Waals surface area (Å²) >= 11 is 0. The van der Waals surface area contributed by atoms with E-state index in [1.54, 1.807) is 0 Å². The van der Waals surface area contributed by atoms with Gasteiger partial charge in [0.25, 0.3) is 0 Å². The maximum atomic E-state index is 5.88. The van der Waals surface area contributed by atoms with Crippen LogP contribution < -0.4 is 5.73 Å². The van der Waals surface area contributed by atoms with E-state index in [1.807, 2.05) is 0 Å². The highest BCUT2D eigenvalue weighted by molar-refractivity contribution is 4.90. The van der Waals surface area contributed by atoms with Crippen LogP contribution in [0.5, 0.6) is 0 Å². The summed E-state index contributed by atoms with van der Waals surface area (Å²) in [6.07, 6.45) is 3.50. The predicted octanol–water partition coefficient (Wildman–Crippen LogP) is 1.22. The minimum Gasteiger partial charge on any atom is -0.380 e. The summed E-state index contributed by atoms with van der Waals surface area (Å²) < 4.78 is 5.41. The molecule has 2 N–H and O–H groups in total. The Labute approximate surface area is 87.6 Å². The molecule has 2 atom stereocenters. The summed E-state index contributed by atoms with van der Waals surface area (Å²) in [5.41, 5.74) is 6.03. The quantitative estimate of drug-likeness (QED) is 0.725. The predicted molar refractivity (Wildman–Crippen MR) is 59.4 cm³/mol. The third kappa shape index (κ3) is 2.47. The lowest BCUT2D eigenvalue weighted by atomic mass is 9.92. The Morgan fingerprint density at radius 1 is 1.57 bits per heavy atom. The summed E-state index contributed by atoms with van der Waals surface area (Å²) in [5.74, 6) is 0. The van der Waals surface area contributed by atoms with Gasteiger partial charge in [0.05, 0.1) is 6.61 Å². The van der Waals surface area contributed by atoms with E-state index in [0.717, 1.165) is 32.6 Å². The van der Waals surface area contributed by atoms with E-state index in [1.165, 1.54) is 6.42 Å². The minimum absolute atomic E-state index is 0.146. The van der Waals surface area contributed by atoms with E-state index in [0.29, 0.717) is 6.04 Å². The van der Waals surface area contributed by atoms with Crippen LogP contribution in [0.4, 0.5) is 0 Å². The number of rotatable bonds is 5. The standard InChI is InChI=1S/C11H24N2O/c1-4-6-11(2,9-12)13(3)10-5-7-14-8-10/h10H,4-9,12H2,1-3H3. The fourth-order valence-electron chi connectivity index (χ4n) is 2.23. The number of ether oxygens (including phenoxy) is 1. The van der Waals surface area contributed by atoms with Crippen LogP contribution in [0.25, 0.3) is 0 Å². The molecular formula is C11H24N2O. The van der Waals surface area contributed by atoms with Crippen LogP contribution >= 0.6 is 0 Å². The van der Waals surface area contributed by atoms with Crippen molar-refractivity contribution in [2.75, 3.05) is 26.8 Å². The molecule has 0 spiro atoms. The number of hydrogen-bond acceptors (Lipinski definition) is 3. The van der Waals surface area contributed by atoms with Crippen LogP contribution in [-0.4, -0.2) is 43.3 Å². The van der Waals surface area contributed by atoms with E-state index in [-0.39, 0.29) is 5.54 Å². The van der Waals surface area contributed by atoms with Gasteiger partial charge in [-0.05, 0) is 26.8 Å². The molecule has 0 saturated carbocycles. The van der Waals surface area contributed by atoms with Crippen LogP contribution in [0.2, 0.25) is 0 Å². The first kappa shape index (κ1) is 12.0. The van der Waals surface area contributed by atoms with Crippen LogP contribution in [-0.2, 0) is 4.74 Å². The van der Waals surface area contributed by atoms with Crippen LogP contribution in [0.15, 0.2) is 0 Å². The van der Waals surface area contributed by atoms with Crippen molar-refractivity contribution in [3.63, 3.8) is 0 Å². The second kappa shape index (κ2) is 5.10. The van der Waals surface area contributed by atoms with Gasteiger partial charge in [-0.1, -0.05) is 13.3 Å². The van der Waals surface area contributed by atoms with Crippen molar-refractivity contribution in [3.8, 4) is 0 Å². The maximum Gasteiger partial charge on any atom is 0.0622 e. The van der Waals surface area contributed by atoms with E-state index in [9.17, 15) is 0 Å². The van der Waals surface area contributed by atoms with Crippen molar-refractivity contribution in [1.82, 2.24) is 4.90 Å². The molecule has 84 valence electrons. The van der Waals surface area contributed by atoms with E-state index in [4.69, 9.17) is 10.5 Å². The van der Waals surface area contributed by atoms with Gasteiger partial charge in [-0.25, -0.2) is 0 Å². The zero-order valence-electron chi connectivity index (χ0n) is 9.75. The van der Waals surface area contributed by atoms with Crippen molar-refractivity contribution in [3.05, 3.63) is 0 Å². The first-order valence-corrected chi connectivity index (χ1v) is 5.65. The molecular weight excluding hydrogens is 176 g/mol. The fraction of sp³-hybridized carbons (Fsp3) is 1.00. The van der Waals surface area contributed by atoms with Gasteiger partial charge in [-0.3, -0.25) is 4.90 Å². The Hall–Kier alpha value is -0.120. The van der Waals surface area contributed by atoms with Crippen LogP contribution in [0, 0.1) is 0 Å². The Kier molecular flexibility index (Phi) is 4.35. The van der Waals surface area contributed by atoms with Gasteiger partial charge in [0.2, 0.25) is 0 Å². The van der Waals surface area contributed by atoms with Gasteiger partial charge < -0.3 is 10.5 Å². The van der Waals surface area contributed by atoms with Crippen molar-refractivity contribution < 1.29 is 4.74 Å². The SMILES string of the molecule is CCCC(C)(CN)N(C)C1CCOC1. The summed E-state index contributed by atoms with van der Waals surface area (Å²) in [5, 5.41) is 0. The van der Waals surface area contributed by atoms with Crippen LogP contribution in [0.1, 0.15) is 33.1 Å². The normalized spacial score (nSPS) is 26.8. The Morgan fingerprint density at radius 2 is 2.29 bits per heavy atom. The van der Waals surface area contributed by atoms with E-state index >= 15 is 0 Å². The average Bonchev–Trinajstić information content (AvgIpc) is 2.69. The lowest BCUT2D eigenvalue weighted by Gasteiger charge is -2.41. The fourth-order valence-corrected chi connectivity index (χ4v) is 2.23. The molecule has 3 nitrogen and oxygen atoms in total. The maximum absolute atomic E-state index is 5.88. The number of likely N-dealkylation sites (N-methyl/N-ethyl adjacent to an activating group) is 1. The number of nitrogens with two attached hydrogens (primary N) is 1. The molecule has 1 aliphatic rings. The molecule has 1 saturated heterocycles. The number of hydrogen-bond donors (Lipinski definition) is 1. The molecule has 2 unspecified atom stereocenters. The molecule has 14 heavy (non-hydrogen) atoms. The summed E-state index contributed by atoms with van der Waals surface area (Å²) in [6.45, 7) is 6.98. The van der Waals surface area contributed by atoms with Gasteiger partial charge in [0.1, 0.15) is 0 Å². The second-order valence-corrected chi connectivity index (χ2v) is 4.58. The average molecular weight is 200 g/mol. The zero-order chi connectivity index (χ0) is 10.6. The van der Waals surface area contributed by atoms with Crippen LogP contribution in [0.3, 0.4) is 0 Å².